The van der Waals surface area contributed by atoms with Crippen molar-refractivity contribution in [2.75, 3.05) is 44.4 Å². The number of alkyl halides is 1. The van der Waals surface area contributed by atoms with Gasteiger partial charge in [0.25, 0.3) is 5.56 Å². The van der Waals surface area contributed by atoms with E-state index < -0.39 is 5.97 Å². The average molecular weight is 686 g/mol. The monoisotopic (exact) mass is 685 g/mol. The number of aryl methyl sites for hydroxylation is 1. The van der Waals surface area contributed by atoms with Crippen LogP contribution in [0, 0.1) is 23.7 Å². The van der Waals surface area contributed by atoms with Gasteiger partial charge in [-0.3, -0.25) is 19.2 Å². The highest BCUT2D eigenvalue weighted by molar-refractivity contribution is 7.18. The summed E-state index contributed by atoms with van der Waals surface area (Å²) in [5, 5.41) is 22.1. The number of hydrogen-bond donors (Lipinski definition) is 1. The molecular weight excluding hydrogens is 657 g/mol. The molecule has 3 fully saturated rings. The van der Waals surface area contributed by atoms with Gasteiger partial charge in [0, 0.05) is 64.9 Å². The van der Waals surface area contributed by atoms with Crippen molar-refractivity contribution < 1.29 is 19.0 Å². The maximum atomic E-state index is 13.9. The Morgan fingerprint density at radius 1 is 1.19 bits per heavy atom. The van der Waals surface area contributed by atoms with Gasteiger partial charge in [-0.1, -0.05) is 11.6 Å². The molecule has 0 atom stereocenters. The van der Waals surface area contributed by atoms with Crippen molar-refractivity contribution in [2.45, 2.75) is 31.8 Å². The number of nitriles is 1. The lowest BCUT2D eigenvalue weighted by molar-refractivity contribution is -0.0647. The van der Waals surface area contributed by atoms with Crippen LogP contribution in [0.15, 0.2) is 46.8 Å². The van der Waals surface area contributed by atoms with Gasteiger partial charge in [-0.25, -0.2) is 19.2 Å². The van der Waals surface area contributed by atoms with E-state index in [4.69, 9.17) is 16.3 Å². The van der Waals surface area contributed by atoms with E-state index in [1.54, 1.807) is 49.0 Å². The molecule has 4 aromatic heterocycles. The number of carboxylic acid groups (broad SMARTS) is 1. The summed E-state index contributed by atoms with van der Waals surface area (Å²) in [6.07, 6.45) is 4.93. The van der Waals surface area contributed by atoms with E-state index in [0.29, 0.717) is 56.8 Å². The number of nitrogens with zero attached hydrogens (tertiary/aromatic N) is 7. The topological polar surface area (TPSA) is 137 Å². The number of aromatic nitrogens is 4. The highest BCUT2D eigenvalue weighted by Gasteiger charge is 2.61. The first-order valence-electron chi connectivity index (χ1n) is 15.5. The largest absolute Gasteiger partial charge is 0.491 e. The summed E-state index contributed by atoms with van der Waals surface area (Å²) < 4.78 is 21.9. The third kappa shape index (κ3) is 4.81. The predicted molar refractivity (Wildman–Crippen MR) is 180 cm³/mol. The number of thiophene rings is 1. The zero-order valence-corrected chi connectivity index (χ0v) is 27.4. The zero-order valence-electron chi connectivity index (χ0n) is 25.9. The molecule has 1 saturated carbocycles. The first-order chi connectivity index (χ1) is 23.2. The number of fused-ring (bicyclic) bond motifs is 2. The third-order valence-corrected chi connectivity index (χ3v) is 11.2. The summed E-state index contributed by atoms with van der Waals surface area (Å²) >= 11 is 7.65. The van der Waals surface area contributed by atoms with Gasteiger partial charge in [0.2, 0.25) is 0 Å². The molecule has 1 spiro atoms. The van der Waals surface area contributed by atoms with Crippen LogP contribution in [0.25, 0.3) is 32.2 Å². The lowest BCUT2D eigenvalue weighted by Crippen LogP contribution is -2.74. The third-order valence-electron chi connectivity index (χ3n) is 9.92. The lowest BCUT2D eigenvalue weighted by Gasteiger charge is -2.62. The van der Waals surface area contributed by atoms with Crippen LogP contribution in [0.5, 0.6) is 5.75 Å². The number of rotatable bonds is 9. The van der Waals surface area contributed by atoms with Crippen molar-refractivity contribution in [2.24, 2.45) is 5.41 Å². The van der Waals surface area contributed by atoms with Crippen molar-refractivity contribution in [3.05, 3.63) is 74.4 Å². The molecule has 8 rings (SSSR count). The molecule has 1 aromatic carbocycles. The van der Waals surface area contributed by atoms with E-state index in [1.165, 1.54) is 15.9 Å². The Kier molecular flexibility index (Phi) is 7.17. The maximum Gasteiger partial charge on any atom is 0.338 e. The van der Waals surface area contributed by atoms with Gasteiger partial charge in [0.15, 0.2) is 0 Å². The second-order valence-corrected chi connectivity index (χ2v) is 14.3. The maximum absolute atomic E-state index is 13.9. The Morgan fingerprint density at radius 3 is 2.69 bits per heavy atom. The standard InChI is InChI=1S/C34H29ClFN7O4S/c1-19-40-25-12-39-30(41-15-33(16-41)17-42(18-33)34(14-36)5-6-34)23(11-37)27(25)31(44)43(19)8-9-47-26-3-2-20(35)10-22(26)21-4-7-38-28-24(32(45)46)13-48-29(21)28/h2-4,7,10,12-13H,5-6,8-9,14-18H2,1H3,(H,45,46). The number of anilines is 1. The Labute approximate surface area is 282 Å². The molecule has 1 N–H and O–H groups in total. The molecule has 11 nitrogen and oxygen atoms in total. The summed E-state index contributed by atoms with van der Waals surface area (Å²) in [6.45, 7) is 4.78. The van der Waals surface area contributed by atoms with Crippen molar-refractivity contribution in [1.29, 1.82) is 5.26 Å². The number of carboxylic acids is 1. The summed E-state index contributed by atoms with van der Waals surface area (Å²) in [4.78, 5) is 43.4. The molecule has 0 bridgehead atoms. The number of carbonyl (C=O) groups is 1. The molecule has 5 aromatic rings. The SMILES string of the molecule is Cc1nc2cnc(N3CC4(C3)CN(C3(CF)CC3)C4)c(C#N)c2c(=O)n1CCOc1ccc(Cl)cc1-c1ccnc2c(C(=O)O)csc12. The van der Waals surface area contributed by atoms with Gasteiger partial charge in [-0.2, -0.15) is 5.26 Å². The van der Waals surface area contributed by atoms with Crippen molar-refractivity contribution >= 4 is 55.8 Å². The van der Waals surface area contributed by atoms with Crippen molar-refractivity contribution in [3.63, 3.8) is 0 Å². The number of aromatic carboxylic acids is 1. The van der Waals surface area contributed by atoms with E-state index in [2.05, 4.69) is 25.9 Å². The lowest BCUT2D eigenvalue weighted by atomic mass is 9.71. The van der Waals surface area contributed by atoms with E-state index in [-0.39, 0.29) is 52.9 Å². The first kappa shape index (κ1) is 30.7. The molecule has 244 valence electrons. The van der Waals surface area contributed by atoms with Crippen LogP contribution in [0.4, 0.5) is 10.2 Å². The molecule has 14 heteroatoms. The number of benzene rings is 1. The van der Waals surface area contributed by atoms with Crippen molar-refractivity contribution in [1.82, 2.24) is 24.4 Å². The second kappa shape index (κ2) is 11.2. The van der Waals surface area contributed by atoms with Gasteiger partial charge in [-0.05, 0) is 44.0 Å². The van der Waals surface area contributed by atoms with Crippen LogP contribution in [0.1, 0.15) is 34.6 Å². The average Bonchev–Trinajstić information content (AvgIpc) is 3.70. The number of pyridine rings is 2. The molecule has 0 amide bonds. The molecule has 0 unspecified atom stereocenters. The first-order valence-corrected chi connectivity index (χ1v) is 16.8. The smallest absolute Gasteiger partial charge is 0.338 e. The molecule has 3 aliphatic rings. The quantitative estimate of drug-likeness (QED) is 0.218. The summed E-state index contributed by atoms with van der Waals surface area (Å²) in [5.74, 6) is 0.378. The Balaban J connectivity index is 1.04. The van der Waals surface area contributed by atoms with Gasteiger partial charge >= 0.3 is 5.97 Å². The molecule has 1 aliphatic carbocycles. The summed E-state index contributed by atoms with van der Waals surface area (Å²) in [5.41, 5.74) is 1.93. The fraction of sp³-hybridized carbons (Fsp3) is 0.353. The fourth-order valence-electron chi connectivity index (χ4n) is 7.19. The van der Waals surface area contributed by atoms with E-state index in [9.17, 15) is 24.3 Å². The van der Waals surface area contributed by atoms with E-state index in [0.717, 1.165) is 31.5 Å². The van der Waals surface area contributed by atoms with Crippen LogP contribution >= 0.6 is 22.9 Å². The van der Waals surface area contributed by atoms with Gasteiger partial charge in [0.1, 0.15) is 42.3 Å². The summed E-state index contributed by atoms with van der Waals surface area (Å²) in [6, 6.07) is 9.20. The molecule has 2 saturated heterocycles. The van der Waals surface area contributed by atoms with E-state index >= 15 is 0 Å². The minimum atomic E-state index is -1.05. The Bertz CT molecular complexity index is 2250. The molecule has 2 aliphatic heterocycles. The van der Waals surface area contributed by atoms with Gasteiger partial charge < -0.3 is 14.7 Å². The number of likely N-dealkylation sites (tertiary alicyclic amines) is 1. The molecule has 0 radical (unpaired) electrons. The molecule has 48 heavy (non-hydrogen) atoms. The molecule has 6 heterocycles. The van der Waals surface area contributed by atoms with E-state index in [1.807, 2.05) is 4.90 Å². The second-order valence-electron chi connectivity index (χ2n) is 13.0. The highest BCUT2D eigenvalue weighted by Crippen LogP contribution is 2.52. The summed E-state index contributed by atoms with van der Waals surface area (Å²) in [7, 11) is 0. The fourth-order valence-corrected chi connectivity index (χ4v) is 8.39. The normalized spacial score (nSPS) is 17.7. The minimum absolute atomic E-state index is 0.0712. The van der Waals surface area contributed by atoms with Gasteiger partial charge in [0.05, 0.1) is 39.4 Å². The highest BCUT2D eigenvalue weighted by atomic mass is 35.5. The predicted octanol–water partition coefficient (Wildman–Crippen LogP) is 5.30. The van der Waals surface area contributed by atoms with Crippen LogP contribution in [0.2, 0.25) is 5.02 Å². The number of halogens is 2. The minimum Gasteiger partial charge on any atom is -0.491 e. The Morgan fingerprint density at radius 2 is 1.98 bits per heavy atom. The number of ether oxygens (including phenoxy) is 1. The van der Waals surface area contributed by atoms with Crippen LogP contribution in [-0.2, 0) is 6.54 Å². The number of hydrogen-bond acceptors (Lipinski definition) is 10. The van der Waals surface area contributed by atoms with Crippen LogP contribution in [0.3, 0.4) is 0 Å². The van der Waals surface area contributed by atoms with Crippen molar-refractivity contribution in [3.8, 4) is 22.9 Å². The van der Waals surface area contributed by atoms with Crippen LogP contribution in [-0.4, -0.2) is 80.5 Å². The zero-order chi connectivity index (χ0) is 33.4. The van der Waals surface area contributed by atoms with Crippen LogP contribution < -0.4 is 15.2 Å². The van der Waals surface area contributed by atoms with Gasteiger partial charge in [-0.15, -0.1) is 11.3 Å². The molecular formula is C34H29ClFN7O4S. The Hall–Kier alpha value is -4.64.